The van der Waals surface area contributed by atoms with Gasteiger partial charge in [0.2, 0.25) is 5.76 Å². The van der Waals surface area contributed by atoms with Crippen LogP contribution in [0.4, 0.5) is 0 Å². The zero-order chi connectivity index (χ0) is 13.2. The fourth-order valence-electron chi connectivity index (χ4n) is 1.37. The second-order valence-corrected chi connectivity index (χ2v) is 3.59. The van der Waals surface area contributed by atoms with Gasteiger partial charge in [-0.05, 0) is 24.1 Å². The molecule has 0 N–H and O–H groups in total. The van der Waals surface area contributed by atoms with Gasteiger partial charge in [-0.2, -0.15) is 0 Å². The van der Waals surface area contributed by atoms with Crippen molar-refractivity contribution in [3.05, 3.63) is 53.8 Å². The Kier molecular flexibility index (Phi) is 6.33. The van der Waals surface area contributed by atoms with Crippen LogP contribution in [0.25, 0.3) is 6.08 Å². The average molecular weight is 246 g/mol. The van der Waals surface area contributed by atoms with Crippen LogP contribution in [0.1, 0.15) is 18.9 Å². The largest absolute Gasteiger partial charge is 0.483 e. The molecule has 0 unspecified atom stereocenters. The van der Waals surface area contributed by atoms with Crippen LogP contribution in [-0.4, -0.2) is 19.7 Å². The number of hydrogen-bond donors (Lipinski definition) is 0. The molecule has 0 bridgehead atoms. The molecule has 0 aliphatic heterocycles. The fourth-order valence-corrected chi connectivity index (χ4v) is 1.37. The minimum atomic E-state index is -0.440. The number of esters is 1. The van der Waals surface area contributed by atoms with E-state index >= 15 is 0 Å². The standard InChI is InChI=1S/C15H18O3/c1-3-8-14(15(16)17-2)18-12-7-11-13-9-5-4-6-10-13/h4-11H,3,12H2,1-2H3/b11-7+,14-8+. The number of ether oxygens (including phenoxy) is 2. The van der Waals surface area contributed by atoms with Gasteiger partial charge in [-0.3, -0.25) is 0 Å². The van der Waals surface area contributed by atoms with Crippen molar-refractivity contribution in [2.45, 2.75) is 13.3 Å². The lowest BCUT2D eigenvalue weighted by Crippen LogP contribution is -2.08. The molecule has 0 heterocycles. The summed E-state index contributed by atoms with van der Waals surface area (Å²) in [6.07, 6.45) is 6.25. The quantitative estimate of drug-likeness (QED) is 0.439. The maximum Gasteiger partial charge on any atom is 0.372 e. The summed E-state index contributed by atoms with van der Waals surface area (Å²) in [6.45, 7) is 2.28. The van der Waals surface area contributed by atoms with Gasteiger partial charge in [0.15, 0.2) is 0 Å². The van der Waals surface area contributed by atoms with Gasteiger partial charge < -0.3 is 9.47 Å². The third kappa shape index (κ3) is 4.87. The van der Waals surface area contributed by atoms with Gasteiger partial charge in [0.05, 0.1) is 7.11 Å². The van der Waals surface area contributed by atoms with Gasteiger partial charge in [-0.25, -0.2) is 4.79 Å². The molecule has 3 nitrogen and oxygen atoms in total. The molecule has 3 heteroatoms. The van der Waals surface area contributed by atoms with E-state index in [1.807, 2.05) is 49.4 Å². The van der Waals surface area contributed by atoms with E-state index in [-0.39, 0.29) is 5.76 Å². The molecule has 0 fully saturated rings. The van der Waals surface area contributed by atoms with Crippen molar-refractivity contribution in [3.8, 4) is 0 Å². The Morgan fingerprint density at radius 1 is 1.28 bits per heavy atom. The smallest absolute Gasteiger partial charge is 0.372 e. The summed E-state index contributed by atoms with van der Waals surface area (Å²) < 4.78 is 9.98. The van der Waals surface area contributed by atoms with Gasteiger partial charge >= 0.3 is 5.97 Å². The highest BCUT2D eigenvalue weighted by Crippen LogP contribution is 2.04. The lowest BCUT2D eigenvalue weighted by Gasteiger charge is -2.05. The summed E-state index contributed by atoms with van der Waals surface area (Å²) >= 11 is 0. The van der Waals surface area contributed by atoms with Crippen molar-refractivity contribution in [1.82, 2.24) is 0 Å². The van der Waals surface area contributed by atoms with Crippen molar-refractivity contribution in [1.29, 1.82) is 0 Å². The summed E-state index contributed by atoms with van der Waals surface area (Å²) in [5.74, 6) is -0.178. The molecule has 1 rings (SSSR count). The molecule has 0 radical (unpaired) electrons. The molecule has 0 aliphatic rings. The van der Waals surface area contributed by atoms with Crippen LogP contribution in [0.15, 0.2) is 48.2 Å². The SMILES string of the molecule is CC/C=C(/OC/C=C/c1ccccc1)C(=O)OC. The number of rotatable bonds is 6. The Bertz CT molecular complexity index is 419. The molecule has 0 saturated carbocycles. The molecule has 0 atom stereocenters. The molecule has 0 amide bonds. The normalized spacial score (nSPS) is 11.6. The lowest BCUT2D eigenvalue weighted by atomic mass is 10.2. The van der Waals surface area contributed by atoms with Gasteiger partial charge in [0.1, 0.15) is 6.61 Å². The van der Waals surface area contributed by atoms with Gasteiger partial charge in [0.25, 0.3) is 0 Å². The average Bonchev–Trinajstić information content (AvgIpc) is 2.42. The second-order valence-electron chi connectivity index (χ2n) is 3.59. The zero-order valence-electron chi connectivity index (χ0n) is 10.8. The molecule has 1 aromatic carbocycles. The van der Waals surface area contributed by atoms with Crippen LogP contribution in [-0.2, 0) is 14.3 Å². The third-order valence-corrected chi connectivity index (χ3v) is 2.22. The topological polar surface area (TPSA) is 35.5 Å². The van der Waals surface area contributed by atoms with Crippen molar-refractivity contribution in [2.24, 2.45) is 0 Å². The van der Waals surface area contributed by atoms with Gasteiger partial charge in [-0.15, -0.1) is 0 Å². The van der Waals surface area contributed by atoms with E-state index in [1.54, 1.807) is 6.08 Å². The molecule has 0 spiro atoms. The van der Waals surface area contributed by atoms with Crippen LogP contribution in [0.3, 0.4) is 0 Å². The number of benzene rings is 1. The maximum atomic E-state index is 11.3. The maximum absolute atomic E-state index is 11.3. The van der Waals surface area contributed by atoms with Crippen molar-refractivity contribution in [3.63, 3.8) is 0 Å². The van der Waals surface area contributed by atoms with E-state index in [9.17, 15) is 4.79 Å². The predicted octanol–water partition coefficient (Wildman–Crippen LogP) is 3.18. The highest BCUT2D eigenvalue weighted by Gasteiger charge is 2.08. The van der Waals surface area contributed by atoms with Crippen molar-refractivity contribution < 1.29 is 14.3 Å². The summed E-state index contributed by atoms with van der Waals surface area (Å²) in [6, 6.07) is 9.90. The van der Waals surface area contributed by atoms with Gasteiger partial charge in [0, 0.05) is 0 Å². The van der Waals surface area contributed by atoms with Crippen LogP contribution in [0, 0.1) is 0 Å². The minimum absolute atomic E-state index is 0.262. The highest BCUT2D eigenvalue weighted by atomic mass is 16.6. The van der Waals surface area contributed by atoms with Crippen LogP contribution in [0.2, 0.25) is 0 Å². The number of carbonyl (C=O) groups is 1. The van der Waals surface area contributed by atoms with E-state index in [0.29, 0.717) is 6.61 Å². The molecular formula is C15H18O3. The molecule has 0 saturated heterocycles. The minimum Gasteiger partial charge on any atom is -0.483 e. The molecule has 1 aromatic rings. The van der Waals surface area contributed by atoms with E-state index < -0.39 is 5.97 Å². The first-order valence-corrected chi connectivity index (χ1v) is 5.90. The predicted molar refractivity (Wildman–Crippen MR) is 71.8 cm³/mol. The van der Waals surface area contributed by atoms with E-state index in [1.165, 1.54) is 7.11 Å². The van der Waals surface area contributed by atoms with Crippen molar-refractivity contribution >= 4 is 12.0 Å². The number of methoxy groups -OCH3 is 1. The Morgan fingerprint density at radius 2 is 2.00 bits per heavy atom. The monoisotopic (exact) mass is 246 g/mol. The van der Waals surface area contributed by atoms with Crippen LogP contribution < -0.4 is 0 Å². The lowest BCUT2D eigenvalue weighted by molar-refractivity contribution is -0.139. The van der Waals surface area contributed by atoms with Crippen LogP contribution in [0.5, 0.6) is 0 Å². The summed E-state index contributed by atoms with van der Waals surface area (Å²) in [7, 11) is 1.34. The summed E-state index contributed by atoms with van der Waals surface area (Å²) in [4.78, 5) is 11.3. The molecule has 0 aliphatic carbocycles. The highest BCUT2D eigenvalue weighted by molar-refractivity contribution is 5.86. The fraction of sp³-hybridized carbons (Fsp3) is 0.267. The first-order valence-electron chi connectivity index (χ1n) is 5.90. The van der Waals surface area contributed by atoms with Crippen molar-refractivity contribution in [2.75, 3.05) is 13.7 Å². The summed E-state index contributed by atoms with van der Waals surface area (Å²) in [5, 5.41) is 0. The first kappa shape index (κ1) is 14.0. The Morgan fingerprint density at radius 3 is 2.61 bits per heavy atom. The number of allylic oxidation sites excluding steroid dienone is 1. The number of carbonyl (C=O) groups excluding carboxylic acids is 1. The first-order chi connectivity index (χ1) is 8.77. The zero-order valence-corrected chi connectivity index (χ0v) is 10.8. The van der Waals surface area contributed by atoms with Crippen LogP contribution >= 0.6 is 0 Å². The Balaban J connectivity index is 2.47. The van der Waals surface area contributed by atoms with E-state index in [0.717, 1.165) is 12.0 Å². The second kappa shape index (κ2) is 8.12. The Hall–Kier alpha value is -2.03. The molecule has 96 valence electrons. The van der Waals surface area contributed by atoms with Gasteiger partial charge in [-0.1, -0.05) is 43.3 Å². The number of hydrogen-bond acceptors (Lipinski definition) is 3. The molecule has 18 heavy (non-hydrogen) atoms. The molecular weight excluding hydrogens is 228 g/mol. The van der Waals surface area contributed by atoms with E-state index in [4.69, 9.17) is 4.74 Å². The Labute approximate surface area is 108 Å². The third-order valence-electron chi connectivity index (χ3n) is 2.22. The summed E-state index contributed by atoms with van der Waals surface area (Å²) in [5.41, 5.74) is 1.10. The molecule has 0 aromatic heterocycles. The van der Waals surface area contributed by atoms with E-state index in [2.05, 4.69) is 4.74 Å².